The van der Waals surface area contributed by atoms with Crippen molar-refractivity contribution in [2.24, 2.45) is 51.2 Å². The van der Waals surface area contributed by atoms with Crippen molar-refractivity contribution in [3.8, 4) is 25.7 Å². The number of allylic oxidation sites excluding steroid dienone is 5. The van der Waals surface area contributed by atoms with Gasteiger partial charge in [-0.05, 0) is 166 Å². The van der Waals surface area contributed by atoms with Crippen molar-refractivity contribution in [1.82, 2.24) is 5.32 Å². The predicted molar refractivity (Wildman–Crippen MR) is 223 cm³/mol. The average molecular weight is 736 g/mol. The van der Waals surface area contributed by atoms with Gasteiger partial charge in [0, 0.05) is 25.2 Å². The summed E-state index contributed by atoms with van der Waals surface area (Å²) in [5.74, 6) is 3.29. The molecule has 0 radical (unpaired) electrons. The third-order valence-corrected chi connectivity index (χ3v) is 15.7. The lowest BCUT2D eigenvalue weighted by molar-refractivity contribution is -0.218. The summed E-state index contributed by atoms with van der Waals surface area (Å²) in [5.41, 5.74) is 4.37. The minimum atomic E-state index is -0.683. The molecule has 5 aliphatic carbocycles. The average Bonchev–Trinajstić information content (AvgIpc) is 3.58. The fourth-order valence-corrected chi connectivity index (χ4v) is 13.4. The number of hydrogen-bond donors (Lipinski definition) is 2. The third kappa shape index (κ3) is 9.21. The van der Waals surface area contributed by atoms with E-state index in [1.54, 1.807) is 6.08 Å². The van der Waals surface area contributed by atoms with Crippen LogP contribution in [-0.2, 0) is 9.53 Å². The monoisotopic (exact) mass is 736 g/mol. The molecule has 0 spiro atoms. The van der Waals surface area contributed by atoms with Gasteiger partial charge in [-0.2, -0.15) is 0 Å². The van der Waals surface area contributed by atoms with Crippen molar-refractivity contribution in [2.45, 2.75) is 157 Å². The highest BCUT2D eigenvalue weighted by molar-refractivity contribution is 5.67. The van der Waals surface area contributed by atoms with E-state index in [9.17, 15) is 14.3 Å². The summed E-state index contributed by atoms with van der Waals surface area (Å²) in [6.07, 6.45) is 42.0. The summed E-state index contributed by atoms with van der Waals surface area (Å²) in [6, 6.07) is 0. The summed E-state index contributed by atoms with van der Waals surface area (Å²) in [4.78, 5) is 11.5. The number of rotatable bonds is 9. The first-order valence-electron chi connectivity index (χ1n) is 20.9. The van der Waals surface area contributed by atoms with Gasteiger partial charge >= 0.3 is 5.97 Å². The topological polar surface area (TPSA) is 58.6 Å². The molecule has 0 aromatic carbocycles. The first-order valence-corrected chi connectivity index (χ1v) is 20.9. The molecule has 53 heavy (non-hydrogen) atoms. The first kappa shape index (κ1) is 46.8. The van der Waals surface area contributed by atoms with Crippen molar-refractivity contribution in [1.29, 1.82) is 0 Å². The molecule has 300 valence electrons. The van der Waals surface area contributed by atoms with Gasteiger partial charge < -0.3 is 15.2 Å². The molecule has 0 amide bonds. The van der Waals surface area contributed by atoms with E-state index >= 15 is 0 Å². The van der Waals surface area contributed by atoms with Gasteiger partial charge in [-0.1, -0.05) is 66.2 Å². The van der Waals surface area contributed by atoms with Crippen molar-refractivity contribution >= 4 is 5.97 Å². The molecular weight excluding hydrogens is 658 g/mol. The van der Waals surface area contributed by atoms with Gasteiger partial charge in [0.1, 0.15) is 0 Å². The Morgan fingerprint density at radius 1 is 0.906 bits per heavy atom. The van der Waals surface area contributed by atoms with Gasteiger partial charge in [-0.3, -0.25) is 9.18 Å². The maximum absolute atomic E-state index is 11.5. The van der Waals surface area contributed by atoms with Crippen LogP contribution in [0.4, 0.5) is 4.39 Å². The predicted octanol–water partition coefficient (Wildman–Crippen LogP) is 12.0. The van der Waals surface area contributed by atoms with Gasteiger partial charge in [-0.15, -0.1) is 32.3 Å². The number of hydrogen-bond acceptors (Lipinski definition) is 3. The lowest BCUT2D eigenvalue weighted by Gasteiger charge is -2.72. The zero-order chi connectivity index (χ0) is 40.1. The Bertz CT molecular complexity index is 1270. The first-order chi connectivity index (χ1) is 25.3. The zero-order valence-electron chi connectivity index (χ0n) is 35.2. The van der Waals surface area contributed by atoms with Gasteiger partial charge in [0.2, 0.25) is 0 Å². The van der Waals surface area contributed by atoms with Crippen LogP contribution < -0.4 is 5.32 Å². The number of carboxylic acid groups (broad SMARTS) is 1. The minimum Gasteiger partial charge on any atom is -0.481 e. The molecule has 0 bridgehead atoms. The molecule has 0 aromatic heterocycles. The maximum atomic E-state index is 11.5. The molecule has 4 saturated carbocycles. The molecule has 1 heterocycles. The zero-order valence-corrected chi connectivity index (χ0v) is 35.2. The number of ether oxygens (including phenoxy) is 1. The molecule has 5 heteroatoms. The Balaban J connectivity index is 0.000000998. The molecule has 0 aromatic rings. The summed E-state index contributed by atoms with van der Waals surface area (Å²) < 4.78 is 15.1. The second-order valence-electron chi connectivity index (χ2n) is 18.1. The van der Waals surface area contributed by atoms with Crippen molar-refractivity contribution in [2.75, 3.05) is 26.9 Å². The number of carboxylic acids is 1. The van der Waals surface area contributed by atoms with Crippen LogP contribution in [0.3, 0.4) is 0 Å². The van der Waals surface area contributed by atoms with E-state index in [2.05, 4.69) is 91.3 Å². The van der Waals surface area contributed by atoms with E-state index in [4.69, 9.17) is 4.74 Å². The molecule has 6 rings (SSSR count). The van der Waals surface area contributed by atoms with E-state index in [-0.39, 0.29) is 11.8 Å². The van der Waals surface area contributed by atoms with Crippen molar-refractivity contribution < 1.29 is 19.0 Å². The van der Waals surface area contributed by atoms with Crippen LogP contribution in [0.1, 0.15) is 151 Å². The molecule has 1 saturated heterocycles. The van der Waals surface area contributed by atoms with Crippen molar-refractivity contribution in [3.63, 3.8) is 0 Å². The molecule has 2 N–H and O–H groups in total. The Labute approximate surface area is 326 Å². The number of fused-ring (bicyclic) bond motifs is 7. The molecule has 3 unspecified atom stereocenters. The Morgan fingerprint density at radius 2 is 1.55 bits per heavy atom. The molecule has 4 nitrogen and oxygen atoms in total. The highest BCUT2D eigenvalue weighted by atomic mass is 19.1. The molecule has 8 atom stereocenters. The minimum absolute atomic E-state index is 0.0765. The second-order valence-corrected chi connectivity index (χ2v) is 18.1. The maximum Gasteiger partial charge on any atom is 0.303 e. The van der Waals surface area contributed by atoms with Crippen LogP contribution in [0.5, 0.6) is 0 Å². The van der Waals surface area contributed by atoms with Crippen LogP contribution in [0.2, 0.25) is 0 Å². The summed E-state index contributed by atoms with van der Waals surface area (Å²) in [5, 5.41) is 13.8. The van der Waals surface area contributed by atoms with Crippen LogP contribution in [0.15, 0.2) is 36.0 Å². The quantitative estimate of drug-likeness (QED) is 0.183. The third-order valence-electron chi connectivity index (χ3n) is 15.7. The Kier molecular flexibility index (Phi) is 18.1. The smallest absolute Gasteiger partial charge is 0.303 e. The van der Waals surface area contributed by atoms with Crippen LogP contribution in [0.25, 0.3) is 0 Å². The second kappa shape index (κ2) is 20.5. The standard InChI is InChI=1S/C40H65NO3.C3H6.2C2H2.CH3F/c1-7-9-29(11-14-35(42)43)30-15-21-37(4)33(36(30,2)3)16-22-39(6)34(37)13-12-31-32-10-8-20-40(32,24-23-38(31,39)5)41-25-17-28-18-26-44-27-19-28;1-3-2;3*1-2/h9,15,28,31-34,41H,7-8,10-14,16-27H2,1-6H3,(H,42,43);3H,1H2,2H3;2*1-2H;1H3/b29-9+;;;;/t31-,32?,33?,34?,37+,38-,39-,40+;;;;/m1..../s1. The van der Waals surface area contributed by atoms with E-state index in [1.807, 2.05) is 6.92 Å². The van der Waals surface area contributed by atoms with E-state index in [0.717, 1.165) is 49.7 Å². The number of aliphatic carboxylic acids is 1. The number of halogens is 1. The summed E-state index contributed by atoms with van der Waals surface area (Å²) in [6.45, 7) is 23.8. The van der Waals surface area contributed by atoms with Gasteiger partial charge in [-0.25, -0.2) is 0 Å². The molecular formula is C48H78FNO3. The Hall–Kier alpha value is -2.34. The summed E-state index contributed by atoms with van der Waals surface area (Å²) >= 11 is 0. The number of alkyl halides is 1. The highest BCUT2D eigenvalue weighted by Gasteiger charge is 2.69. The molecule has 6 aliphatic rings. The van der Waals surface area contributed by atoms with E-state index in [0.29, 0.717) is 41.3 Å². The van der Waals surface area contributed by atoms with Crippen LogP contribution >= 0.6 is 0 Å². The molecule has 1 aliphatic heterocycles. The summed E-state index contributed by atoms with van der Waals surface area (Å²) in [7, 11) is 0.500. The van der Waals surface area contributed by atoms with E-state index < -0.39 is 5.97 Å². The lowest BCUT2D eigenvalue weighted by atomic mass is 9.33. The fourth-order valence-electron chi connectivity index (χ4n) is 13.4. The van der Waals surface area contributed by atoms with Crippen LogP contribution in [0, 0.1) is 76.9 Å². The van der Waals surface area contributed by atoms with Gasteiger partial charge in [0.15, 0.2) is 0 Å². The van der Waals surface area contributed by atoms with Crippen LogP contribution in [-0.4, -0.2) is 43.6 Å². The van der Waals surface area contributed by atoms with Gasteiger partial charge in [0.25, 0.3) is 0 Å². The van der Waals surface area contributed by atoms with Crippen molar-refractivity contribution in [3.05, 3.63) is 36.0 Å². The number of nitrogens with one attached hydrogen (secondary N) is 1. The normalized spacial score (nSPS) is 36.8. The number of terminal acetylenes is 2. The van der Waals surface area contributed by atoms with E-state index in [1.165, 1.54) is 94.7 Å². The van der Waals surface area contributed by atoms with Gasteiger partial charge in [0.05, 0.1) is 7.18 Å². The fraction of sp³-hybridized carbons (Fsp3) is 0.771. The SMILES string of the molecule is C#C.C#C.C=CC.CC/C=C(\CCC(=O)O)C1=CC[C@@]2(C)C(CC[C@]3(C)C2CC[C@@H]2C4CCC[C@]4(NCCC4CCOCC4)CC[C@]23C)C1(C)C.CF. The Morgan fingerprint density at radius 3 is 2.15 bits per heavy atom. The number of carbonyl (C=O) groups is 1. The highest BCUT2D eigenvalue weighted by Crippen LogP contribution is 2.76. The largest absolute Gasteiger partial charge is 0.481 e. The lowest BCUT2D eigenvalue weighted by Crippen LogP contribution is -2.67. The molecule has 5 fully saturated rings.